The van der Waals surface area contributed by atoms with Gasteiger partial charge in [0.05, 0.1) is 4.91 Å². The average molecular weight is 236 g/mol. The first-order chi connectivity index (χ1) is 7.69. The summed E-state index contributed by atoms with van der Waals surface area (Å²) < 4.78 is 5.31. The van der Waals surface area contributed by atoms with Crippen LogP contribution in [0.5, 0.6) is 0 Å². The van der Waals surface area contributed by atoms with Crippen LogP contribution in [0, 0.1) is 6.92 Å². The highest BCUT2D eigenvalue weighted by Gasteiger charge is 2.23. The Labute approximate surface area is 95.6 Å². The summed E-state index contributed by atoms with van der Waals surface area (Å²) >= 11 is 1.11. The van der Waals surface area contributed by atoms with Gasteiger partial charge in [0, 0.05) is 6.08 Å². The summed E-state index contributed by atoms with van der Waals surface area (Å²) in [4.78, 5) is 25.5. The van der Waals surface area contributed by atoms with E-state index in [0.717, 1.165) is 17.5 Å². The standard InChI is InChI=1S/C10H8N2O3S/c1-6-2-3-7(15-6)4-8-9(14)12-10(16-8)11-5-13/h2-5H,1H3,(H,11,12,13,14)/b8-4+. The first kappa shape index (κ1) is 10.7. The number of hydrogen-bond donors (Lipinski definition) is 1. The Hall–Kier alpha value is -1.82. The minimum atomic E-state index is -0.278. The van der Waals surface area contributed by atoms with Crippen molar-refractivity contribution in [2.24, 2.45) is 4.99 Å². The lowest BCUT2D eigenvalue weighted by molar-refractivity contribution is -0.115. The molecule has 0 aromatic carbocycles. The van der Waals surface area contributed by atoms with Gasteiger partial charge in [-0.15, -0.1) is 0 Å². The fourth-order valence-corrected chi connectivity index (χ4v) is 1.96. The molecule has 1 aliphatic rings. The van der Waals surface area contributed by atoms with E-state index in [-0.39, 0.29) is 11.1 Å². The Balaban J connectivity index is 2.23. The van der Waals surface area contributed by atoms with Crippen molar-refractivity contribution >= 4 is 35.3 Å². The number of nitrogens with zero attached hydrogens (tertiary/aromatic N) is 1. The molecule has 0 aliphatic carbocycles. The number of nitrogens with one attached hydrogen (secondary N) is 1. The Morgan fingerprint density at radius 3 is 2.94 bits per heavy atom. The molecular formula is C10H8N2O3S. The molecule has 2 amide bonds. The molecule has 0 unspecified atom stereocenters. The van der Waals surface area contributed by atoms with E-state index in [2.05, 4.69) is 10.3 Å². The maximum absolute atomic E-state index is 11.4. The zero-order chi connectivity index (χ0) is 11.5. The van der Waals surface area contributed by atoms with Crippen molar-refractivity contribution in [1.29, 1.82) is 0 Å². The molecule has 82 valence electrons. The minimum absolute atomic E-state index is 0.278. The van der Waals surface area contributed by atoms with Gasteiger partial charge in [0.15, 0.2) is 5.17 Å². The summed E-state index contributed by atoms with van der Waals surface area (Å²) in [5.41, 5.74) is 0. The quantitative estimate of drug-likeness (QED) is 0.620. The molecule has 2 rings (SSSR count). The molecule has 0 saturated carbocycles. The molecule has 0 atom stereocenters. The van der Waals surface area contributed by atoms with Crippen molar-refractivity contribution in [3.05, 3.63) is 28.6 Å². The van der Waals surface area contributed by atoms with Crippen LogP contribution in [0.25, 0.3) is 6.08 Å². The predicted octanol–water partition coefficient (Wildman–Crippen LogP) is 1.30. The highest BCUT2D eigenvalue weighted by atomic mass is 32.2. The van der Waals surface area contributed by atoms with Crippen molar-refractivity contribution in [2.45, 2.75) is 6.92 Å². The van der Waals surface area contributed by atoms with Crippen LogP contribution in [0.3, 0.4) is 0 Å². The first-order valence-electron chi connectivity index (χ1n) is 4.48. The van der Waals surface area contributed by atoms with E-state index in [9.17, 15) is 9.59 Å². The van der Waals surface area contributed by atoms with E-state index in [1.165, 1.54) is 0 Å². The molecule has 6 heteroatoms. The molecule has 0 bridgehead atoms. The first-order valence-corrected chi connectivity index (χ1v) is 5.29. The topological polar surface area (TPSA) is 71.7 Å². The summed E-state index contributed by atoms with van der Waals surface area (Å²) in [5.74, 6) is 1.10. The van der Waals surface area contributed by atoms with Crippen molar-refractivity contribution in [3.8, 4) is 0 Å². The third-order valence-electron chi connectivity index (χ3n) is 1.86. The molecule has 16 heavy (non-hydrogen) atoms. The van der Waals surface area contributed by atoms with Gasteiger partial charge in [-0.05, 0) is 30.8 Å². The Morgan fingerprint density at radius 1 is 1.50 bits per heavy atom. The Bertz CT molecular complexity index is 502. The maximum atomic E-state index is 11.4. The van der Waals surface area contributed by atoms with Gasteiger partial charge >= 0.3 is 0 Å². The number of furan rings is 1. The number of thioether (sulfide) groups is 1. The second kappa shape index (κ2) is 4.36. The van der Waals surface area contributed by atoms with Gasteiger partial charge in [0.2, 0.25) is 6.41 Å². The van der Waals surface area contributed by atoms with Crippen molar-refractivity contribution in [1.82, 2.24) is 5.32 Å². The highest BCUT2D eigenvalue weighted by molar-refractivity contribution is 8.18. The molecule has 5 nitrogen and oxygen atoms in total. The molecule has 1 aromatic rings. The van der Waals surface area contributed by atoms with E-state index in [0.29, 0.717) is 17.1 Å². The molecule has 1 saturated heterocycles. The number of aryl methyl sites for hydroxylation is 1. The lowest BCUT2D eigenvalue weighted by atomic mass is 10.4. The van der Waals surface area contributed by atoms with Gasteiger partial charge in [-0.3, -0.25) is 9.59 Å². The van der Waals surface area contributed by atoms with Crippen LogP contribution >= 0.6 is 11.8 Å². The molecule has 1 aromatic heterocycles. The molecular weight excluding hydrogens is 228 g/mol. The second-order valence-electron chi connectivity index (χ2n) is 3.05. The molecule has 2 heterocycles. The molecule has 0 radical (unpaired) electrons. The van der Waals surface area contributed by atoms with E-state index < -0.39 is 0 Å². The second-order valence-corrected chi connectivity index (χ2v) is 4.08. The van der Waals surface area contributed by atoms with E-state index in [4.69, 9.17) is 4.42 Å². The van der Waals surface area contributed by atoms with Gasteiger partial charge in [-0.1, -0.05) is 0 Å². The van der Waals surface area contributed by atoms with Gasteiger partial charge in [-0.2, -0.15) is 4.99 Å². The fraction of sp³-hybridized carbons (Fsp3) is 0.100. The summed E-state index contributed by atoms with van der Waals surface area (Å²) in [6.07, 6.45) is 2.00. The lowest BCUT2D eigenvalue weighted by Crippen LogP contribution is -2.19. The van der Waals surface area contributed by atoms with Crippen molar-refractivity contribution < 1.29 is 14.0 Å². The van der Waals surface area contributed by atoms with Crippen LogP contribution < -0.4 is 5.32 Å². The number of carbonyl (C=O) groups excluding carboxylic acids is 2. The molecule has 0 spiro atoms. The molecule has 1 N–H and O–H groups in total. The normalized spacial score (nSPS) is 20.4. The van der Waals surface area contributed by atoms with Crippen LogP contribution in [-0.4, -0.2) is 17.5 Å². The zero-order valence-corrected chi connectivity index (χ0v) is 9.21. The fourth-order valence-electron chi connectivity index (χ4n) is 1.20. The van der Waals surface area contributed by atoms with E-state index >= 15 is 0 Å². The van der Waals surface area contributed by atoms with Crippen LogP contribution in [0.2, 0.25) is 0 Å². The van der Waals surface area contributed by atoms with E-state index in [1.807, 2.05) is 13.0 Å². The number of amidine groups is 1. The van der Waals surface area contributed by atoms with Crippen LogP contribution in [0.4, 0.5) is 0 Å². The van der Waals surface area contributed by atoms with Crippen molar-refractivity contribution in [3.63, 3.8) is 0 Å². The smallest absolute Gasteiger partial charge is 0.264 e. The number of carbonyl (C=O) groups is 2. The number of hydrogen-bond acceptors (Lipinski definition) is 4. The van der Waals surface area contributed by atoms with E-state index in [1.54, 1.807) is 12.1 Å². The van der Waals surface area contributed by atoms with Gasteiger partial charge < -0.3 is 9.73 Å². The minimum Gasteiger partial charge on any atom is -0.462 e. The van der Waals surface area contributed by atoms with Crippen molar-refractivity contribution in [2.75, 3.05) is 0 Å². The summed E-state index contributed by atoms with van der Waals surface area (Å²) in [6.45, 7) is 1.82. The summed E-state index contributed by atoms with van der Waals surface area (Å²) in [5, 5.41) is 2.75. The Morgan fingerprint density at radius 2 is 2.31 bits per heavy atom. The maximum Gasteiger partial charge on any atom is 0.264 e. The number of aliphatic imine (C=N–C) groups is 1. The molecule has 1 fully saturated rings. The predicted molar refractivity (Wildman–Crippen MR) is 60.7 cm³/mol. The number of amides is 2. The van der Waals surface area contributed by atoms with Gasteiger partial charge in [-0.25, -0.2) is 0 Å². The Kier molecular flexibility index (Phi) is 2.91. The molecule has 1 aliphatic heterocycles. The summed E-state index contributed by atoms with van der Waals surface area (Å²) in [6, 6.07) is 3.58. The average Bonchev–Trinajstić information content (AvgIpc) is 2.76. The zero-order valence-electron chi connectivity index (χ0n) is 8.39. The van der Waals surface area contributed by atoms with Crippen LogP contribution in [0.15, 0.2) is 26.4 Å². The van der Waals surface area contributed by atoms with Crippen LogP contribution in [0.1, 0.15) is 11.5 Å². The largest absolute Gasteiger partial charge is 0.462 e. The highest BCUT2D eigenvalue weighted by Crippen LogP contribution is 2.26. The van der Waals surface area contributed by atoms with Crippen LogP contribution in [-0.2, 0) is 9.59 Å². The van der Waals surface area contributed by atoms with Gasteiger partial charge in [0.1, 0.15) is 11.5 Å². The monoisotopic (exact) mass is 236 g/mol. The lowest BCUT2D eigenvalue weighted by Gasteiger charge is -1.88. The summed E-state index contributed by atoms with van der Waals surface area (Å²) in [7, 11) is 0. The van der Waals surface area contributed by atoms with Gasteiger partial charge in [0.25, 0.3) is 5.91 Å². The SMILES string of the molecule is Cc1ccc(/C=C2/SC(=NC=O)NC2=O)o1. The third kappa shape index (κ3) is 2.22. The number of rotatable bonds is 2. The third-order valence-corrected chi connectivity index (χ3v) is 2.78.